The maximum absolute atomic E-state index is 7.21. The van der Waals surface area contributed by atoms with Crippen molar-refractivity contribution in [2.24, 2.45) is 0 Å². The summed E-state index contributed by atoms with van der Waals surface area (Å²) >= 11 is 12.7. The van der Waals surface area contributed by atoms with E-state index in [0.29, 0.717) is 10.5 Å². The second kappa shape index (κ2) is 9.90. The van der Waals surface area contributed by atoms with Gasteiger partial charge in [-0.1, -0.05) is 93.0 Å². The number of nitrogens with zero attached hydrogens (tertiary/aromatic N) is 3. The molecule has 4 nitrogen and oxygen atoms in total. The SMILES string of the molecule is Cc1cc(-c2cc(O[Si](c3ccccc3)(c3ccccc3)C(C)(C)C)ccc2Cl)cc2nnc(Cl)nc12. The van der Waals surface area contributed by atoms with Gasteiger partial charge in [-0.15, -0.1) is 10.2 Å². The number of hydrogen-bond donors (Lipinski definition) is 0. The van der Waals surface area contributed by atoms with Crippen LogP contribution >= 0.6 is 23.2 Å². The smallest absolute Gasteiger partial charge is 0.319 e. The summed E-state index contributed by atoms with van der Waals surface area (Å²) in [5.74, 6) is 0.770. The average Bonchev–Trinajstić information content (AvgIpc) is 2.89. The molecule has 7 heteroatoms. The number of rotatable bonds is 5. The molecule has 4 aromatic carbocycles. The van der Waals surface area contributed by atoms with Gasteiger partial charge in [-0.2, -0.15) is 0 Å². The zero-order chi connectivity index (χ0) is 26.2. The topological polar surface area (TPSA) is 47.9 Å². The first kappa shape index (κ1) is 25.4. The molecule has 0 fully saturated rings. The van der Waals surface area contributed by atoms with Crippen molar-refractivity contribution in [2.75, 3.05) is 0 Å². The summed E-state index contributed by atoms with van der Waals surface area (Å²) < 4.78 is 7.21. The van der Waals surface area contributed by atoms with Crippen LogP contribution in [0.3, 0.4) is 0 Å². The number of aryl methyl sites for hydroxylation is 1. The van der Waals surface area contributed by atoms with Gasteiger partial charge in [0.25, 0.3) is 0 Å². The zero-order valence-electron chi connectivity index (χ0n) is 21.2. The Bertz CT molecular complexity index is 1530. The Labute approximate surface area is 228 Å². The van der Waals surface area contributed by atoms with E-state index in [2.05, 4.69) is 84.5 Å². The minimum absolute atomic E-state index is 0.127. The van der Waals surface area contributed by atoms with E-state index in [1.165, 1.54) is 10.4 Å². The first-order valence-corrected chi connectivity index (χ1v) is 14.8. The maximum atomic E-state index is 7.21. The van der Waals surface area contributed by atoms with E-state index in [9.17, 15) is 0 Å². The summed E-state index contributed by atoms with van der Waals surface area (Å²) in [4.78, 5) is 4.33. The number of aromatic nitrogens is 3. The Morgan fingerprint density at radius 2 is 1.38 bits per heavy atom. The van der Waals surface area contributed by atoms with E-state index < -0.39 is 8.32 Å². The van der Waals surface area contributed by atoms with Gasteiger partial charge >= 0.3 is 8.32 Å². The number of benzene rings is 4. The fourth-order valence-corrected chi connectivity index (χ4v) is 9.72. The van der Waals surface area contributed by atoms with Crippen molar-refractivity contribution in [3.8, 4) is 16.9 Å². The maximum Gasteiger partial charge on any atom is 0.319 e. The van der Waals surface area contributed by atoms with Crippen LogP contribution in [0.4, 0.5) is 0 Å². The standard InChI is InChI=1S/C30H27Cl2N3OSi/c1-20-17-21(18-27-28(20)33-29(32)35-34-27)25-19-22(15-16-26(25)31)36-37(30(2,3)4,23-11-7-5-8-12-23)24-13-9-6-10-14-24/h5-19H,1-4H3. The number of hydrogen-bond acceptors (Lipinski definition) is 4. The Morgan fingerprint density at radius 1 is 0.757 bits per heavy atom. The normalized spacial score (nSPS) is 12.1. The van der Waals surface area contributed by atoms with Crippen molar-refractivity contribution in [1.82, 2.24) is 15.2 Å². The Kier molecular flexibility index (Phi) is 6.79. The van der Waals surface area contributed by atoms with Gasteiger partial charge in [0.1, 0.15) is 11.3 Å². The molecule has 0 saturated carbocycles. The van der Waals surface area contributed by atoms with Crippen molar-refractivity contribution >= 4 is 52.9 Å². The van der Waals surface area contributed by atoms with Gasteiger partial charge in [-0.05, 0) is 75.4 Å². The summed E-state index contributed by atoms with van der Waals surface area (Å²) in [6, 6.07) is 31.0. The molecular formula is C30H27Cl2N3OSi. The highest BCUT2D eigenvalue weighted by Crippen LogP contribution is 2.40. The Balaban J connectivity index is 1.68. The van der Waals surface area contributed by atoms with Crippen LogP contribution in [0.15, 0.2) is 91.0 Å². The number of halogens is 2. The van der Waals surface area contributed by atoms with Crippen LogP contribution in [0, 0.1) is 6.92 Å². The minimum Gasteiger partial charge on any atom is -0.534 e. The Morgan fingerprint density at radius 3 is 1.97 bits per heavy atom. The van der Waals surface area contributed by atoms with Crippen molar-refractivity contribution in [3.63, 3.8) is 0 Å². The van der Waals surface area contributed by atoms with Crippen molar-refractivity contribution in [1.29, 1.82) is 0 Å². The van der Waals surface area contributed by atoms with Crippen LogP contribution in [-0.2, 0) is 0 Å². The molecule has 0 aliphatic carbocycles. The molecule has 0 atom stereocenters. The summed E-state index contributed by atoms with van der Waals surface area (Å²) in [7, 11) is -2.78. The van der Waals surface area contributed by atoms with E-state index in [1.54, 1.807) is 0 Å². The van der Waals surface area contributed by atoms with Crippen molar-refractivity contribution < 1.29 is 4.43 Å². The molecule has 0 N–H and O–H groups in total. The predicted molar refractivity (Wildman–Crippen MR) is 156 cm³/mol. The highest BCUT2D eigenvalue weighted by atomic mass is 35.5. The lowest BCUT2D eigenvalue weighted by Gasteiger charge is -2.43. The quantitative estimate of drug-likeness (QED) is 0.219. The molecule has 0 saturated heterocycles. The van der Waals surface area contributed by atoms with Crippen LogP contribution in [0.1, 0.15) is 26.3 Å². The van der Waals surface area contributed by atoms with Gasteiger partial charge in [0.2, 0.25) is 5.28 Å². The lowest BCUT2D eigenvalue weighted by atomic mass is 10.0. The highest BCUT2D eigenvalue weighted by Gasteiger charge is 2.52. The molecule has 5 rings (SSSR count). The first-order valence-electron chi connectivity index (χ1n) is 12.1. The molecule has 0 aliphatic rings. The third-order valence-corrected chi connectivity index (χ3v) is 12.1. The van der Waals surface area contributed by atoms with E-state index in [4.69, 9.17) is 27.6 Å². The molecule has 0 spiro atoms. The molecule has 0 radical (unpaired) electrons. The monoisotopic (exact) mass is 543 g/mol. The van der Waals surface area contributed by atoms with Gasteiger partial charge in [0.15, 0.2) is 0 Å². The molecule has 0 unspecified atom stereocenters. The van der Waals surface area contributed by atoms with Crippen LogP contribution in [0.2, 0.25) is 15.3 Å². The summed E-state index contributed by atoms with van der Waals surface area (Å²) in [6.07, 6.45) is 0. The molecule has 1 heterocycles. The molecule has 5 aromatic rings. The minimum atomic E-state index is -2.78. The first-order chi connectivity index (χ1) is 17.7. The Hall–Kier alpha value is -3.25. The molecule has 0 bridgehead atoms. The summed E-state index contributed by atoms with van der Waals surface area (Å²) in [6.45, 7) is 8.77. The zero-order valence-corrected chi connectivity index (χ0v) is 23.7. The van der Waals surface area contributed by atoms with Crippen LogP contribution in [0.5, 0.6) is 5.75 Å². The van der Waals surface area contributed by atoms with Gasteiger partial charge < -0.3 is 4.43 Å². The van der Waals surface area contributed by atoms with Crippen LogP contribution in [-0.4, -0.2) is 23.5 Å². The lowest BCUT2D eigenvalue weighted by molar-refractivity contribution is 0.508. The fraction of sp³-hybridized carbons (Fsp3) is 0.167. The molecule has 37 heavy (non-hydrogen) atoms. The lowest BCUT2D eigenvalue weighted by Crippen LogP contribution is -2.68. The number of fused-ring (bicyclic) bond motifs is 1. The van der Waals surface area contributed by atoms with E-state index in [1.807, 2.05) is 49.4 Å². The molecule has 186 valence electrons. The predicted octanol–water partition coefficient (Wildman–Crippen LogP) is 7.25. The average molecular weight is 545 g/mol. The molecule has 0 amide bonds. The largest absolute Gasteiger partial charge is 0.534 e. The van der Waals surface area contributed by atoms with Crippen LogP contribution in [0.25, 0.3) is 22.2 Å². The second-order valence-corrected chi connectivity index (χ2v) is 15.1. The summed E-state index contributed by atoms with van der Waals surface area (Å²) in [5, 5.41) is 11.2. The van der Waals surface area contributed by atoms with Crippen molar-refractivity contribution in [3.05, 3.63) is 107 Å². The summed E-state index contributed by atoms with van der Waals surface area (Å²) in [5.41, 5.74) is 4.10. The highest BCUT2D eigenvalue weighted by molar-refractivity contribution is 7.00. The molecule has 1 aromatic heterocycles. The second-order valence-electron chi connectivity index (χ2n) is 10.1. The van der Waals surface area contributed by atoms with Crippen molar-refractivity contribution in [2.45, 2.75) is 32.7 Å². The third kappa shape index (κ3) is 4.75. The van der Waals surface area contributed by atoms with E-state index in [0.717, 1.165) is 28.0 Å². The molecule has 0 aliphatic heterocycles. The molecular weight excluding hydrogens is 517 g/mol. The fourth-order valence-electron chi connectivity index (χ4n) is 4.96. The van der Waals surface area contributed by atoms with E-state index in [-0.39, 0.29) is 10.3 Å². The van der Waals surface area contributed by atoms with Gasteiger partial charge in [-0.3, -0.25) is 0 Å². The third-order valence-electron chi connectivity index (χ3n) is 6.66. The van der Waals surface area contributed by atoms with Gasteiger partial charge in [-0.25, -0.2) is 4.98 Å². The van der Waals surface area contributed by atoms with E-state index >= 15 is 0 Å². The van der Waals surface area contributed by atoms with Crippen LogP contribution < -0.4 is 14.8 Å². The van der Waals surface area contributed by atoms with Gasteiger partial charge in [0.05, 0.1) is 5.52 Å². The van der Waals surface area contributed by atoms with Gasteiger partial charge in [0, 0.05) is 10.6 Å².